The largest absolute Gasteiger partial charge is 0.326 e. The molecule has 1 saturated heterocycles. The van der Waals surface area contributed by atoms with E-state index in [2.05, 4.69) is 20.6 Å². The summed E-state index contributed by atoms with van der Waals surface area (Å²) >= 11 is 0. The highest BCUT2D eigenvalue weighted by atomic mass is 16.2. The summed E-state index contributed by atoms with van der Waals surface area (Å²) in [5, 5.41) is 4.74. The Morgan fingerprint density at radius 1 is 1.25 bits per heavy atom. The molecule has 1 unspecified atom stereocenters. The zero-order valence-electron chi connectivity index (χ0n) is 8.64. The third kappa shape index (κ3) is 2.53. The van der Waals surface area contributed by atoms with Crippen molar-refractivity contribution in [2.24, 2.45) is 0 Å². The molecular weight excluding hydrogens is 208 g/mol. The van der Waals surface area contributed by atoms with Crippen LogP contribution in [0.15, 0.2) is 18.5 Å². The molecule has 0 bridgehead atoms. The summed E-state index contributed by atoms with van der Waals surface area (Å²) in [6.07, 6.45) is 5.46. The molecule has 1 atom stereocenters. The maximum atomic E-state index is 11.2. The second kappa shape index (κ2) is 4.69. The van der Waals surface area contributed by atoms with E-state index in [0.717, 1.165) is 12.2 Å². The van der Waals surface area contributed by atoms with Gasteiger partial charge in [-0.1, -0.05) is 0 Å². The second-order valence-corrected chi connectivity index (χ2v) is 3.57. The van der Waals surface area contributed by atoms with Crippen LogP contribution in [0.5, 0.6) is 0 Å². The number of carbonyl (C=O) groups is 2. The van der Waals surface area contributed by atoms with Gasteiger partial charge in [-0.25, -0.2) is 14.8 Å². The second-order valence-electron chi connectivity index (χ2n) is 3.57. The first-order valence-electron chi connectivity index (χ1n) is 5.13. The maximum Gasteiger partial charge on any atom is 0.322 e. The molecule has 1 fully saturated rings. The number of imide groups is 1. The average Bonchev–Trinajstić information content (AvgIpc) is 2.59. The Hall–Kier alpha value is -1.98. The van der Waals surface area contributed by atoms with E-state index in [-0.39, 0.29) is 5.91 Å². The monoisotopic (exact) mass is 220 g/mol. The van der Waals surface area contributed by atoms with Crippen LogP contribution in [0.3, 0.4) is 0 Å². The molecule has 3 amide bonds. The molecule has 0 aromatic carbocycles. The predicted molar refractivity (Wildman–Crippen MR) is 55.4 cm³/mol. The molecule has 0 radical (unpaired) electrons. The smallest absolute Gasteiger partial charge is 0.322 e. The Bertz CT molecular complexity index is 393. The van der Waals surface area contributed by atoms with Gasteiger partial charge in [0.1, 0.15) is 11.9 Å². The number of nitrogens with one attached hydrogen (secondary N) is 2. The number of hydrogen-bond donors (Lipinski definition) is 2. The van der Waals surface area contributed by atoms with Crippen molar-refractivity contribution < 1.29 is 9.59 Å². The van der Waals surface area contributed by atoms with E-state index in [0.29, 0.717) is 12.8 Å². The number of aryl methyl sites for hydroxylation is 1. The van der Waals surface area contributed by atoms with Crippen molar-refractivity contribution in [1.29, 1.82) is 0 Å². The molecule has 1 aliphatic heterocycles. The van der Waals surface area contributed by atoms with Crippen LogP contribution in [-0.2, 0) is 11.2 Å². The molecule has 2 heterocycles. The maximum absolute atomic E-state index is 11.2. The van der Waals surface area contributed by atoms with E-state index in [1.54, 1.807) is 18.5 Å². The fourth-order valence-corrected chi connectivity index (χ4v) is 1.59. The molecule has 0 saturated carbocycles. The summed E-state index contributed by atoms with van der Waals surface area (Å²) in [4.78, 5) is 30.2. The van der Waals surface area contributed by atoms with E-state index in [1.807, 2.05) is 0 Å². The lowest BCUT2D eigenvalue weighted by Crippen LogP contribution is -2.28. The predicted octanol–water partition coefficient (Wildman–Crippen LogP) is 0.00730. The van der Waals surface area contributed by atoms with Gasteiger partial charge in [0.2, 0.25) is 0 Å². The molecular formula is C10H12N4O2. The van der Waals surface area contributed by atoms with Crippen molar-refractivity contribution in [3.8, 4) is 0 Å². The standard InChI is InChI=1S/C10H12N4O2/c15-9-7(13-10(16)14-9)3-1-4-8-11-5-2-6-12-8/h2,5-7H,1,3-4H2,(H2,13,14,15,16). The van der Waals surface area contributed by atoms with E-state index in [4.69, 9.17) is 0 Å². The van der Waals surface area contributed by atoms with Crippen LogP contribution < -0.4 is 10.6 Å². The molecule has 2 N–H and O–H groups in total. The molecule has 0 aliphatic carbocycles. The van der Waals surface area contributed by atoms with E-state index < -0.39 is 12.1 Å². The van der Waals surface area contributed by atoms with Gasteiger partial charge in [-0.15, -0.1) is 0 Å². The highest BCUT2D eigenvalue weighted by Crippen LogP contribution is 2.05. The molecule has 2 rings (SSSR count). The fraction of sp³-hybridized carbons (Fsp3) is 0.400. The molecule has 1 aliphatic rings. The molecule has 6 heteroatoms. The number of rotatable bonds is 4. The first kappa shape index (κ1) is 10.5. The van der Waals surface area contributed by atoms with Crippen molar-refractivity contribution in [3.63, 3.8) is 0 Å². The summed E-state index contributed by atoms with van der Waals surface area (Å²) in [6, 6.07) is 0.941. The summed E-state index contributed by atoms with van der Waals surface area (Å²) < 4.78 is 0. The van der Waals surface area contributed by atoms with Gasteiger partial charge in [0.15, 0.2) is 0 Å². The zero-order chi connectivity index (χ0) is 11.4. The number of aromatic nitrogens is 2. The van der Waals surface area contributed by atoms with Crippen molar-refractivity contribution in [2.45, 2.75) is 25.3 Å². The number of carbonyl (C=O) groups excluding carboxylic acids is 2. The van der Waals surface area contributed by atoms with Gasteiger partial charge in [-0.05, 0) is 18.9 Å². The minimum Gasteiger partial charge on any atom is -0.326 e. The van der Waals surface area contributed by atoms with Crippen LogP contribution in [0.2, 0.25) is 0 Å². The van der Waals surface area contributed by atoms with Crippen LogP contribution in [0.1, 0.15) is 18.7 Å². The van der Waals surface area contributed by atoms with E-state index in [1.165, 1.54) is 0 Å². The lowest BCUT2D eigenvalue weighted by molar-refractivity contribution is -0.120. The summed E-state index contributed by atoms with van der Waals surface area (Å²) in [5.41, 5.74) is 0. The summed E-state index contributed by atoms with van der Waals surface area (Å²) in [5.74, 6) is 0.506. The van der Waals surface area contributed by atoms with Crippen molar-refractivity contribution >= 4 is 11.9 Å². The lowest BCUT2D eigenvalue weighted by Gasteiger charge is -2.05. The lowest BCUT2D eigenvalue weighted by atomic mass is 10.1. The van der Waals surface area contributed by atoms with Crippen molar-refractivity contribution in [3.05, 3.63) is 24.3 Å². The van der Waals surface area contributed by atoms with Crippen LogP contribution in [0.25, 0.3) is 0 Å². The quantitative estimate of drug-likeness (QED) is 0.700. The number of hydrogen-bond acceptors (Lipinski definition) is 4. The first-order chi connectivity index (χ1) is 7.75. The van der Waals surface area contributed by atoms with Crippen molar-refractivity contribution in [2.75, 3.05) is 0 Å². The average molecular weight is 220 g/mol. The van der Waals surface area contributed by atoms with Crippen LogP contribution in [-0.4, -0.2) is 27.9 Å². The number of urea groups is 1. The molecule has 84 valence electrons. The van der Waals surface area contributed by atoms with Gasteiger partial charge in [0, 0.05) is 18.8 Å². The Labute approximate surface area is 92.5 Å². The molecule has 0 spiro atoms. The fourth-order valence-electron chi connectivity index (χ4n) is 1.59. The van der Waals surface area contributed by atoms with E-state index >= 15 is 0 Å². The minimum absolute atomic E-state index is 0.251. The van der Waals surface area contributed by atoms with Gasteiger partial charge in [0.05, 0.1) is 0 Å². The Morgan fingerprint density at radius 3 is 2.62 bits per heavy atom. The van der Waals surface area contributed by atoms with E-state index in [9.17, 15) is 9.59 Å². The third-order valence-electron chi connectivity index (χ3n) is 2.37. The Morgan fingerprint density at radius 2 is 2.00 bits per heavy atom. The van der Waals surface area contributed by atoms with Gasteiger partial charge in [-0.3, -0.25) is 10.1 Å². The van der Waals surface area contributed by atoms with Crippen LogP contribution in [0.4, 0.5) is 4.79 Å². The SMILES string of the molecule is O=C1NC(=O)C(CCCc2ncccn2)N1. The normalized spacial score (nSPS) is 19.4. The first-order valence-corrected chi connectivity index (χ1v) is 5.13. The Kier molecular flexibility index (Phi) is 3.09. The summed E-state index contributed by atoms with van der Waals surface area (Å²) in [6.45, 7) is 0. The van der Waals surface area contributed by atoms with Crippen LogP contribution >= 0.6 is 0 Å². The van der Waals surface area contributed by atoms with Gasteiger partial charge >= 0.3 is 6.03 Å². The topological polar surface area (TPSA) is 84.0 Å². The third-order valence-corrected chi connectivity index (χ3v) is 2.37. The molecule has 1 aromatic heterocycles. The van der Waals surface area contributed by atoms with Gasteiger partial charge < -0.3 is 5.32 Å². The minimum atomic E-state index is -0.411. The molecule has 1 aromatic rings. The molecule has 6 nitrogen and oxygen atoms in total. The van der Waals surface area contributed by atoms with Crippen molar-refractivity contribution in [1.82, 2.24) is 20.6 Å². The number of amides is 3. The summed E-state index contributed by atoms with van der Waals surface area (Å²) in [7, 11) is 0. The van der Waals surface area contributed by atoms with Gasteiger partial charge in [-0.2, -0.15) is 0 Å². The Balaban J connectivity index is 1.76. The highest BCUT2D eigenvalue weighted by molar-refractivity contribution is 6.04. The van der Waals surface area contributed by atoms with Gasteiger partial charge in [0.25, 0.3) is 5.91 Å². The zero-order valence-corrected chi connectivity index (χ0v) is 8.64. The number of nitrogens with zero attached hydrogens (tertiary/aromatic N) is 2. The highest BCUT2D eigenvalue weighted by Gasteiger charge is 2.28. The molecule has 16 heavy (non-hydrogen) atoms. The van der Waals surface area contributed by atoms with Crippen LogP contribution in [0, 0.1) is 0 Å².